The summed E-state index contributed by atoms with van der Waals surface area (Å²) in [7, 11) is 3.19. The molecule has 0 bridgehead atoms. The number of ether oxygens (including phenoxy) is 4. The summed E-state index contributed by atoms with van der Waals surface area (Å²) >= 11 is 5.20. The summed E-state index contributed by atoms with van der Waals surface area (Å²) in [4.78, 5) is 0. The van der Waals surface area contributed by atoms with Crippen LogP contribution in [0, 0.1) is 0 Å². The first-order valence-corrected chi connectivity index (χ1v) is 7.82. The van der Waals surface area contributed by atoms with E-state index in [2.05, 4.69) is 15.8 Å². The average molecular weight is 359 g/mol. The molecule has 2 N–H and O–H groups in total. The van der Waals surface area contributed by atoms with E-state index in [1.165, 1.54) is 0 Å². The maximum absolute atomic E-state index is 5.37. The van der Waals surface area contributed by atoms with Gasteiger partial charge in [0.25, 0.3) is 0 Å². The Hall–Kier alpha value is -3.00. The number of rotatable bonds is 5. The minimum atomic E-state index is 0.181. The quantitative estimate of drug-likeness (QED) is 0.483. The molecular weight excluding hydrogens is 342 g/mol. The fourth-order valence-electron chi connectivity index (χ4n) is 2.22. The number of hydrogen-bond donors (Lipinski definition) is 2. The van der Waals surface area contributed by atoms with Gasteiger partial charge in [0.15, 0.2) is 16.6 Å². The van der Waals surface area contributed by atoms with E-state index in [1.54, 1.807) is 26.5 Å². The lowest BCUT2D eigenvalue weighted by molar-refractivity contribution is 0.171. The van der Waals surface area contributed by atoms with Crippen molar-refractivity contribution in [2.75, 3.05) is 26.3 Å². The van der Waals surface area contributed by atoms with Crippen molar-refractivity contribution in [2.45, 2.75) is 0 Å². The highest BCUT2D eigenvalue weighted by atomic mass is 32.1. The molecule has 1 aliphatic rings. The Morgan fingerprint density at radius 2 is 1.96 bits per heavy atom. The van der Waals surface area contributed by atoms with Crippen LogP contribution in [0.15, 0.2) is 41.5 Å². The predicted molar refractivity (Wildman–Crippen MR) is 99.1 cm³/mol. The summed E-state index contributed by atoms with van der Waals surface area (Å²) in [6, 6.07) is 11.0. The predicted octanol–water partition coefficient (Wildman–Crippen LogP) is 2.75. The third-order valence-electron chi connectivity index (χ3n) is 3.41. The molecule has 0 atom stereocenters. The molecule has 0 radical (unpaired) electrons. The first-order chi connectivity index (χ1) is 12.2. The van der Waals surface area contributed by atoms with Gasteiger partial charge in [-0.1, -0.05) is 0 Å². The van der Waals surface area contributed by atoms with Crippen molar-refractivity contribution in [3.63, 3.8) is 0 Å². The van der Waals surface area contributed by atoms with Crippen LogP contribution in [0.3, 0.4) is 0 Å². The number of hydrazone groups is 1. The monoisotopic (exact) mass is 359 g/mol. The number of methoxy groups -OCH3 is 2. The highest BCUT2D eigenvalue weighted by molar-refractivity contribution is 7.80. The standard InChI is InChI=1S/C17H17N3O4S/c1-21-13-5-3-12(4-6-13)19-17(25)20-18-9-11-7-14(22-2)16-15(8-11)23-10-24-16/h3-9H,10H2,1-2H3,(H2,19,20,25)/b18-9-. The molecule has 2 aromatic carbocycles. The molecule has 1 aliphatic heterocycles. The van der Waals surface area contributed by atoms with Gasteiger partial charge in [-0.3, -0.25) is 5.43 Å². The van der Waals surface area contributed by atoms with Gasteiger partial charge >= 0.3 is 0 Å². The number of hydrogen-bond acceptors (Lipinski definition) is 6. The topological polar surface area (TPSA) is 73.3 Å². The van der Waals surface area contributed by atoms with E-state index < -0.39 is 0 Å². The van der Waals surface area contributed by atoms with E-state index in [0.717, 1.165) is 17.0 Å². The fraction of sp³-hybridized carbons (Fsp3) is 0.176. The smallest absolute Gasteiger partial charge is 0.231 e. The summed E-state index contributed by atoms with van der Waals surface area (Å²) in [6.07, 6.45) is 1.62. The van der Waals surface area contributed by atoms with Crippen molar-refractivity contribution in [3.8, 4) is 23.0 Å². The van der Waals surface area contributed by atoms with E-state index in [1.807, 2.05) is 30.3 Å². The largest absolute Gasteiger partial charge is 0.497 e. The van der Waals surface area contributed by atoms with Gasteiger partial charge in [-0.05, 0) is 48.6 Å². The molecular formula is C17H17N3O4S. The second kappa shape index (κ2) is 7.71. The first kappa shape index (κ1) is 16.8. The summed E-state index contributed by atoms with van der Waals surface area (Å²) < 4.78 is 21.1. The van der Waals surface area contributed by atoms with E-state index in [9.17, 15) is 0 Å². The summed E-state index contributed by atoms with van der Waals surface area (Å²) in [5.41, 5.74) is 4.38. The van der Waals surface area contributed by atoms with Gasteiger partial charge in [-0.25, -0.2) is 0 Å². The van der Waals surface area contributed by atoms with Gasteiger partial charge in [-0.15, -0.1) is 0 Å². The molecule has 2 aromatic rings. The Kier molecular flexibility index (Phi) is 5.20. The molecule has 0 aromatic heterocycles. The van der Waals surface area contributed by atoms with Gasteiger partial charge in [0.05, 0.1) is 20.4 Å². The molecule has 7 nitrogen and oxygen atoms in total. The van der Waals surface area contributed by atoms with Crippen LogP contribution in [-0.2, 0) is 0 Å². The van der Waals surface area contributed by atoms with Crippen LogP contribution in [0.5, 0.6) is 23.0 Å². The maximum atomic E-state index is 5.37. The molecule has 1 heterocycles. The van der Waals surface area contributed by atoms with E-state index in [0.29, 0.717) is 22.4 Å². The molecule has 8 heteroatoms. The zero-order valence-electron chi connectivity index (χ0n) is 13.7. The summed E-state index contributed by atoms with van der Waals surface area (Å²) in [6.45, 7) is 0.181. The van der Waals surface area contributed by atoms with Crippen molar-refractivity contribution in [1.82, 2.24) is 5.43 Å². The van der Waals surface area contributed by atoms with E-state index in [-0.39, 0.29) is 6.79 Å². The lowest BCUT2D eigenvalue weighted by Gasteiger charge is -2.08. The van der Waals surface area contributed by atoms with Gasteiger partial charge in [0, 0.05) is 11.3 Å². The minimum Gasteiger partial charge on any atom is -0.497 e. The van der Waals surface area contributed by atoms with Crippen molar-refractivity contribution in [3.05, 3.63) is 42.0 Å². The number of anilines is 1. The zero-order chi connectivity index (χ0) is 17.6. The second-order valence-corrected chi connectivity index (χ2v) is 5.42. The molecule has 0 fully saturated rings. The lowest BCUT2D eigenvalue weighted by Crippen LogP contribution is -2.23. The van der Waals surface area contributed by atoms with E-state index in [4.69, 9.17) is 31.2 Å². The fourth-order valence-corrected chi connectivity index (χ4v) is 2.39. The molecule has 3 rings (SSSR count). The lowest BCUT2D eigenvalue weighted by atomic mass is 10.2. The number of nitrogens with one attached hydrogen (secondary N) is 2. The zero-order valence-corrected chi connectivity index (χ0v) is 14.6. The Bertz CT molecular complexity index is 793. The van der Waals surface area contributed by atoms with Crippen LogP contribution in [0.4, 0.5) is 5.69 Å². The molecule has 0 aliphatic carbocycles. The minimum absolute atomic E-state index is 0.181. The maximum Gasteiger partial charge on any atom is 0.231 e. The Balaban J connectivity index is 1.60. The Morgan fingerprint density at radius 3 is 2.68 bits per heavy atom. The van der Waals surface area contributed by atoms with Crippen molar-refractivity contribution in [1.29, 1.82) is 0 Å². The van der Waals surface area contributed by atoms with Crippen molar-refractivity contribution >= 4 is 29.2 Å². The highest BCUT2D eigenvalue weighted by Gasteiger charge is 2.19. The first-order valence-electron chi connectivity index (χ1n) is 7.41. The van der Waals surface area contributed by atoms with Crippen molar-refractivity contribution < 1.29 is 18.9 Å². The van der Waals surface area contributed by atoms with Crippen LogP contribution >= 0.6 is 12.2 Å². The third-order valence-corrected chi connectivity index (χ3v) is 3.60. The number of benzene rings is 2. The molecule has 0 amide bonds. The SMILES string of the molecule is COc1ccc(NC(=S)N/N=C\c2cc(OC)c3c(c2)OCO3)cc1. The molecule has 130 valence electrons. The van der Waals surface area contributed by atoms with Gasteiger partial charge in [0.2, 0.25) is 12.5 Å². The van der Waals surface area contributed by atoms with Crippen LogP contribution in [0.1, 0.15) is 5.56 Å². The van der Waals surface area contributed by atoms with Gasteiger partial charge < -0.3 is 24.3 Å². The highest BCUT2D eigenvalue weighted by Crippen LogP contribution is 2.41. The number of nitrogens with zero attached hydrogens (tertiary/aromatic N) is 1. The molecule has 0 unspecified atom stereocenters. The second-order valence-electron chi connectivity index (χ2n) is 5.01. The average Bonchev–Trinajstić information content (AvgIpc) is 3.10. The van der Waals surface area contributed by atoms with Crippen LogP contribution in [0.25, 0.3) is 0 Å². The number of thiocarbonyl (C=S) groups is 1. The van der Waals surface area contributed by atoms with Crippen LogP contribution < -0.4 is 29.7 Å². The van der Waals surface area contributed by atoms with Crippen molar-refractivity contribution in [2.24, 2.45) is 5.10 Å². The normalized spacial score (nSPS) is 12.1. The molecule has 0 spiro atoms. The van der Waals surface area contributed by atoms with Gasteiger partial charge in [0.1, 0.15) is 5.75 Å². The molecule has 0 saturated heterocycles. The molecule has 25 heavy (non-hydrogen) atoms. The van der Waals surface area contributed by atoms with E-state index >= 15 is 0 Å². The van der Waals surface area contributed by atoms with Crippen LogP contribution in [0.2, 0.25) is 0 Å². The third kappa shape index (κ3) is 4.10. The van der Waals surface area contributed by atoms with Crippen LogP contribution in [-0.4, -0.2) is 32.3 Å². The summed E-state index contributed by atoms with van der Waals surface area (Å²) in [5.74, 6) is 2.60. The Morgan fingerprint density at radius 1 is 1.16 bits per heavy atom. The number of fused-ring (bicyclic) bond motifs is 1. The van der Waals surface area contributed by atoms with Gasteiger partial charge in [-0.2, -0.15) is 5.10 Å². The molecule has 0 saturated carbocycles. The summed E-state index contributed by atoms with van der Waals surface area (Å²) in [5, 5.41) is 7.51. The Labute approximate surface area is 150 Å².